The third-order valence-corrected chi connectivity index (χ3v) is 5.07. The molecule has 1 aliphatic rings. The van der Waals surface area contributed by atoms with Gasteiger partial charge in [-0.05, 0) is 13.0 Å². The summed E-state index contributed by atoms with van der Waals surface area (Å²) in [4.78, 5) is 11.9. The van der Waals surface area contributed by atoms with E-state index in [0.29, 0.717) is 18.8 Å². The van der Waals surface area contributed by atoms with Gasteiger partial charge in [-0.25, -0.2) is 17.9 Å². The first-order valence-electron chi connectivity index (χ1n) is 7.47. The molecule has 128 valence electrons. The molecule has 0 saturated heterocycles. The second-order valence-corrected chi connectivity index (χ2v) is 6.83. The molecule has 2 N–H and O–H groups in total. The Bertz CT molecular complexity index is 846. The number of hydrogen-bond acceptors (Lipinski definition) is 6. The van der Waals surface area contributed by atoms with Crippen molar-refractivity contribution in [2.45, 2.75) is 24.4 Å². The smallest absolute Gasteiger partial charge is 0.342 e. The average Bonchev–Trinajstić information content (AvgIpc) is 3.06. The Morgan fingerprint density at radius 3 is 3.04 bits per heavy atom. The van der Waals surface area contributed by atoms with Crippen LogP contribution in [0.5, 0.6) is 5.75 Å². The van der Waals surface area contributed by atoms with Gasteiger partial charge >= 0.3 is 5.97 Å². The number of aromatic nitrogens is 2. The summed E-state index contributed by atoms with van der Waals surface area (Å²) in [6.45, 7) is 2.19. The van der Waals surface area contributed by atoms with Gasteiger partial charge in [0.25, 0.3) is 10.0 Å². The molecule has 1 aromatic carbocycles. The molecule has 2 aromatic rings. The van der Waals surface area contributed by atoms with Crippen LogP contribution in [0.15, 0.2) is 35.5 Å². The number of hydrogen-bond donors (Lipinski definition) is 2. The van der Waals surface area contributed by atoms with Crippen molar-refractivity contribution in [2.24, 2.45) is 0 Å². The van der Waals surface area contributed by atoms with E-state index in [1.54, 1.807) is 19.1 Å². The molecule has 0 radical (unpaired) electrons. The molecule has 1 atom stereocenters. The molecule has 0 bridgehead atoms. The number of carbonyl (C=O) groups is 1. The van der Waals surface area contributed by atoms with Crippen LogP contribution in [0.25, 0.3) is 0 Å². The van der Waals surface area contributed by atoms with Crippen molar-refractivity contribution >= 4 is 16.0 Å². The molecule has 3 rings (SSSR count). The van der Waals surface area contributed by atoms with Crippen molar-refractivity contribution < 1.29 is 22.7 Å². The van der Waals surface area contributed by atoms with Crippen molar-refractivity contribution in [1.82, 2.24) is 14.9 Å². The van der Waals surface area contributed by atoms with Gasteiger partial charge in [-0.15, -0.1) is 0 Å². The number of nitrogens with zero attached hydrogens (tertiary/aromatic N) is 1. The number of para-hydroxylation sites is 1. The number of rotatable bonds is 5. The molecule has 9 heteroatoms. The fourth-order valence-electron chi connectivity index (χ4n) is 2.54. The highest BCUT2D eigenvalue weighted by molar-refractivity contribution is 7.89. The van der Waals surface area contributed by atoms with E-state index in [4.69, 9.17) is 9.47 Å². The zero-order valence-corrected chi connectivity index (χ0v) is 13.8. The number of fused-ring (bicyclic) bond motifs is 1. The zero-order valence-electron chi connectivity index (χ0n) is 13.0. The van der Waals surface area contributed by atoms with Gasteiger partial charge < -0.3 is 9.47 Å². The van der Waals surface area contributed by atoms with Crippen molar-refractivity contribution in [1.29, 1.82) is 0 Å². The maximum Gasteiger partial charge on any atom is 0.342 e. The van der Waals surface area contributed by atoms with E-state index in [1.165, 1.54) is 0 Å². The summed E-state index contributed by atoms with van der Waals surface area (Å²) >= 11 is 0. The van der Waals surface area contributed by atoms with Crippen LogP contribution < -0.4 is 9.46 Å². The molecular weight excluding hydrogens is 334 g/mol. The Labute approximate surface area is 139 Å². The quantitative estimate of drug-likeness (QED) is 0.788. The molecule has 8 nitrogen and oxygen atoms in total. The van der Waals surface area contributed by atoms with Gasteiger partial charge in [0, 0.05) is 12.0 Å². The van der Waals surface area contributed by atoms with Gasteiger partial charge in [0.05, 0.1) is 25.5 Å². The highest BCUT2D eigenvalue weighted by Gasteiger charge is 2.31. The van der Waals surface area contributed by atoms with E-state index in [0.717, 1.165) is 11.8 Å². The number of aromatic amines is 1. The number of nitrogens with one attached hydrogen (secondary N) is 2. The third-order valence-electron chi connectivity index (χ3n) is 3.62. The lowest BCUT2D eigenvalue weighted by atomic mass is 10.0. The van der Waals surface area contributed by atoms with Crippen LogP contribution in [-0.2, 0) is 14.8 Å². The minimum absolute atomic E-state index is 0.121. The van der Waals surface area contributed by atoms with Crippen LogP contribution >= 0.6 is 0 Å². The summed E-state index contributed by atoms with van der Waals surface area (Å²) in [7, 11) is -3.98. The van der Waals surface area contributed by atoms with Crippen LogP contribution in [0.2, 0.25) is 0 Å². The molecule has 1 aliphatic heterocycles. The minimum atomic E-state index is -3.98. The van der Waals surface area contributed by atoms with E-state index < -0.39 is 22.0 Å². The second-order valence-electron chi connectivity index (χ2n) is 5.18. The van der Waals surface area contributed by atoms with E-state index in [9.17, 15) is 13.2 Å². The Balaban J connectivity index is 1.89. The summed E-state index contributed by atoms with van der Waals surface area (Å²) in [6.07, 6.45) is 1.63. The molecule has 2 heterocycles. The second kappa shape index (κ2) is 6.62. The number of carbonyl (C=O) groups excluding carboxylic acids is 1. The monoisotopic (exact) mass is 351 g/mol. The summed E-state index contributed by atoms with van der Waals surface area (Å²) in [5.41, 5.74) is 0.634. The predicted molar refractivity (Wildman–Crippen MR) is 84.2 cm³/mol. The van der Waals surface area contributed by atoms with Crippen LogP contribution in [0.1, 0.15) is 35.3 Å². The molecule has 0 amide bonds. The summed E-state index contributed by atoms with van der Waals surface area (Å²) in [5, 5.41) is 5.72. The van der Waals surface area contributed by atoms with Crippen LogP contribution in [-0.4, -0.2) is 37.8 Å². The molecule has 1 aromatic heterocycles. The van der Waals surface area contributed by atoms with E-state index >= 15 is 0 Å². The summed E-state index contributed by atoms with van der Waals surface area (Å²) in [5.74, 6) is -0.0920. The van der Waals surface area contributed by atoms with Crippen molar-refractivity contribution in [3.63, 3.8) is 0 Å². The highest BCUT2D eigenvalue weighted by atomic mass is 32.2. The molecule has 0 spiro atoms. The first kappa shape index (κ1) is 16.5. The van der Waals surface area contributed by atoms with Crippen LogP contribution in [0, 0.1) is 0 Å². The predicted octanol–water partition coefficient (Wildman–Crippen LogP) is 1.39. The summed E-state index contributed by atoms with van der Waals surface area (Å²) < 4.78 is 38.3. The molecule has 0 saturated carbocycles. The van der Waals surface area contributed by atoms with Crippen molar-refractivity contribution in [2.75, 3.05) is 13.2 Å². The minimum Gasteiger partial charge on any atom is -0.493 e. The van der Waals surface area contributed by atoms with Gasteiger partial charge in [-0.1, -0.05) is 18.2 Å². The summed E-state index contributed by atoms with van der Waals surface area (Å²) in [6, 6.07) is 6.79. The van der Waals surface area contributed by atoms with Crippen LogP contribution in [0.3, 0.4) is 0 Å². The lowest BCUT2D eigenvalue weighted by molar-refractivity contribution is 0.0521. The lowest BCUT2D eigenvalue weighted by Crippen LogP contribution is -2.33. The molecular formula is C15H17N3O5S. The first-order valence-corrected chi connectivity index (χ1v) is 8.96. The lowest BCUT2D eigenvalue weighted by Gasteiger charge is -2.26. The largest absolute Gasteiger partial charge is 0.493 e. The molecule has 0 unspecified atom stereocenters. The van der Waals surface area contributed by atoms with E-state index in [2.05, 4.69) is 14.9 Å². The standard InChI is InChI=1S/C15H17N3O5S/c1-2-22-15(19)11-9-16-17-14(11)24(20,21)18-12-7-8-23-13-6-4-3-5-10(12)13/h3-6,9,12,18H,2,7-8H2,1H3,(H,16,17)/t12-/m0/s1. The maximum atomic E-state index is 12.7. The molecule has 24 heavy (non-hydrogen) atoms. The maximum absolute atomic E-state index is 12.7. The third kappa shape index (κ3) is 3.13. The Morgan fingerprint density at radius 1 is 1.46 bits per heavy atom. The number of ether oxygens (including phenoxy) is 2. The normalized spacial score (nSPS) is 17.0. The van der Waals surface area contributed by atoms with Gasteiger partial charge in [-0.2, -0.15) is 5.10 Å². The Morgan fingerprint density at radius 2 is 2.25 bits per heavy atom. The molecule has 0 aliphatic carbocycles. The van der Waals surface area contributed by atoms with E-state index in [1.807, 2.05) is 12.1 Å². The van der Waals surface area contributed by atoms with Gasteiger partial charge in [0.15, 0.2) is 5.03 Å². The topological polar surface area (TPSA) is 110 Å². The number of esters is 1. The average molecular weight is 351 g/mol. The fourth-order valence-corrected chi connectivity index (χ4v) is 3.88. The number of benzene rings is 1. The SMILES string of the molecule is CCOC(=O)c1cn[nH]c1S(=O)(=O)N[C@H]1CCOc2ccccc21. The highest BCUT2D eigenvalue weighted by Crippen LogP contribution is 2.32. The van der Waals surface area contributed by atoms with Crippen molar-refractivity contribution in [3.05, 3.63) is 41.6 Å². The van der Waals surface area contributed by atoms with Gasteiger partial charge in [0.1, 0.15) is 11.3 Å². The number of H-pyrrole nitrogens is 1. The molecule has 0 fully saturated rings. The zero-order chi connectivity index (χ0) is 17.2. The number of sulfonamides is 1. The first-order chi connectivity index (χ1) is 11.5. The Hall–Kier alpha value is -2.39. The fraction of sp³-hybridized carbons (Fsp3) is 0.333. The van der Waals surface area contributed by atoms with E-state index in [-0.39, 0.29) is 17.2 Å². The van der Waals surface area contributed by atoms with Crippen molar-refractivity contribution in [3.8, 4) is 5.75 Å². The Kier molecular flexibility index (Phi) is 4.54. The van der Waals surface area contributed by atoms with Crippen LogP contribution in [0.4, 0.5) is 0 Å². The van der Waals surface area contributed by atoms with Gasteiger partial charge in [0.2, 0.25) is 0 Å². The van der Waals surface area contributed by atoms with Gasteiger partial charge in [-0.3, -0.25) is 5.10 Å².